The molecule has 7 N–H and O–H groups in total. The average molecular weight is 467 g/mol. The van der Waals surface area contributed by atoms with E-state index in [2.05, 4.69) is 25.9 Å². The Balaban J connectivity index is 3.06. The molecule has 0 spiro atoms. The summed E-state index contributed by atoms with van der Waals surface area (Å²) in [6, 6.07) is -3.88. The Bertz CT molecular complexity index is 793. The van der Waals surface area contributed by atoms with Gasteiger partial charge in [0.05, 0.1) is 12.4 Å². The van der Waals surface area contributed by atoms with Crippen molar-refractivity contribution in [3.05, 3.63) is 18.2 Å². The molecule has 11 heteroatoms. The van der Waals surface area contributed by atoms with Crippen LogP contribution >= 0.6 is 0 Å². The van der Waals surface area contributed by atoms with Gasteiger partial charge in [0.2, 0.25) is 17.7 Å². The zero-order chi connectivity index (χ0) is 25.3. The Hall–Kier alpha value is -2.95. The number of carboxylic acid groups (broad SMARTS) is 1. The summed E-state index contributed by atoms with van der Waals surface area (Å²) in [7, 11) is 0. The van der Waals surface area contributed by atoms with Crippen LogP contribution in [0.1, 0.15) is 53.7 Å². The predicted octanol–water partition coefficient (Wildman–Crippen LogP) is 0.177. The molecule has 0 fully saturated rings. The number of carboxylic acids is 1. The topological polar surface area (TPSA) is 179 Å². The van der Waals surface area contributed by atoms with Gasteiger partial charge in [-0.2, -0.15) is 0 Å². The third-order valence-electron chi connectivity index (χ3n) is 5.20. The van der Waals surface area contributed by atoms with E-state index in [1.807, 2.05) is 13.8 Å². The van der Waals surface area contributed by atoms with Gasteiger partial charge in [-0.05, 0) is 24.2 Å². The number of H-pyrrole nitrogens is 1. The second kappa shape index (κ2) is 12.9. The third-order valence-corrected chi connectivity index (χ3v) is 5.20. The van der Waals surface area contributed by atoms with Crippen LogP contribution in [0.5, 0.6) is 0 Å². The van der Waals surface area contributed by atoms with Crippen molar-refractivity contribution in [1.29, 1.82) is 0 Å². The molecule has 33 heavy (non-hydrogen) atoms. The minimum absolute atomic E-state index is 0.0402. The fourth-order valence-corrected chi connectivity index (χ4v) is 3.14. The molecule has 1 heterocycles. The van der Waals surface area contributed by atoms with Crippen LogP contribution in [0.4, 0.5) is 0 Å². The van der Waals surface area contributed by atoms with Crippen LogP contribution in [0.25, 0.3) is 0 Å². The molecule has 186 valence electrons. The second-order valence-electron chi connectivity index (χ2n) is 9.37. The molecule has 1 aromatic rings. The fourth-order valence-electron chi connectivity index (χ4n) is 3.14. The first kappa shape index (κ1) is 28.1. The van der Waals surface area contributed by atoms with Crippen LogP contribution in [-0.4, -0.2) is 62.9 Å². The van der Waals surface area contributed by atoms with E-state index in [9.17, 15) is 24.3 Å². The van der Waals surface area contributed by atoms with Crippen molar-refractivity contribution in [2.24, 2.45) is 23.5 Å². The van der Waals surface area contributed by atoms with Crippen LogP contribution in [0.15, 0.2) is 12.5 Å². The standard InChI is InChI=1S/C22H38N6O5/c1-11(2)7-15(20(30)28-18(13(5)6)22(32)33)26-19(29)16(8-14-9-24-10-25-14)27-21(31)17(23)12(3)4/h9-13,15-18H,7-8,23H2,1-6H3,(H,24,25)(H,26,29)(H,27,31)(H,28,30)(H,32,33). The number of aliphatic carboxylic acids is 1. The lowest BCUT2D eigenvalue weighted by molar-refractivity contribution is -0.143. The number of aromatic nitrogens is 2. The van der Waals surface area contributed by atoms with Gasteiger partial charge in [-0.1, -0.05) is 41.5 Å². The maximum atomic E-state index is 13.2. The molecule has 0 radical (unpaired) electrons. The maximum Gasteiger partial charge on any atom is 0.326 e. The molecule has 0 saturated carbocycles. The molecule has 1 rings (SSSR count). The maximum absolute atomic E-state index is 13.2. The van der Waals surface area contributed by atoms with Crippen molar-refractivity contribution < 1.29 is 24.3 Å². The molecule has 11 nitrogen and oxygen atoms in total. The Morgan fingerprint density at radius 2 is 1.52 bits per heavy atom. The smallest absolute Gasteiger partial charge is 0.326 e. The van der Waals surface area contributed by atoms with Gasteiger partial charge in [0.25, 0.3) is 0 Å². The summed E-state index contributed by atoms with van der Waals surface area (Å²) in [5.74, 6) is -3.25. The van der Waals surface area contributed by atoms with Gasteiger partial charge >= 0.3 is 5.97 Å². The van der Waals surface area contributed by atoms with Crippen LogP contribution in [0, 0.1) is 17.8 Å². The van der Waals surface area contributed by atoms with Crippen LogP contribution in [0.2, 0.25) is 0 Å². The normalized spacial score (nSPS) is 15.1. The van der Waals surface area contributed by atoms with Crippen LogP contribution < -0.4 is 21.7 Å². The highest BCUT2D eigenvalue weighted by Crippen LogP contribution is 2.09. The first-order chi connectivity index (χ1) is 15.3. The molecular formula is C22H38N6O5. The van der Waals surface area contributed by atoms with Gasteiger partial charge in [0, 0.05) is 18.3 Å². The quantitative estimate of drug-likeness (QED) is 0.240. The SMILES string of the molecule is CC(C)CC(NC(=O)C(Cc1cnc[nH]1)NC(=O)C(N)C(C)C)C(=O)NC(C(=O)O)C(C)C. The highest BCUT2D eigenvalue weighted by molar-refractivity contribution is 5.94. The minimum atomic E-state index is -1.15. The molecule has 0 bridgehead atoms. The predicted molar refractivity (Wildman–Crippen MR) is 123 cm³/mol. The van der Waals surface area contributed by atoms with Crippen molar-refractivity contribution >= 4 is 23.7 Å². The molecule has 0 saturated heterocycles. The summed E-state index contributed by atoms with van der Waals surface area (Å²) in [5.41, 5.74) is 6.54. The molecule has 4 unspecified atom stereocenters. The summed E-state index contributed by atoms with van der Waals surface area (Å²) in [6.45, 7) is 10.7. The van der Waals surface area contributed by atoms with E-state index < -0.39 is 47.9 Å². The number of nitrogens with one attached hydrogen (secondary N) is 4. The summed E-state index contributed by atoms with van der Waals surface area (Å²) in [6.07, 6.45) is 3.40. The lowest BCUT2D eigenvalue weighted by Gasteiger charge is -2.27. The zero-order valence-electron chi connectivity index (χ0n) is 20.2. The minimum Gasteiger partial charge on any atom is -0.480 e. The molecule has 0 aliphatic carbocycles. The summed E-state index contributed by atoms with van der Waals surface area (Å²) < 4.78 is 0. The Labute approximate surface area is 194 Å². The van der Waals surface area contributed by atoms with Crippen molar-refractivity contribution in [3.63, 3.8) is 0 Å². The number of nitrogens with zero attached hydrogens (tertiary/aromatic N) is 1. The number of rotatable bonds is 13. The van der Waals surface area contributed by atoms with E-state index in [1.165, 1.54) is 12.5 Å². The largest absolute Gasteiger partial charge is 0.480 e. The first-order valence-electron chi connectivity index (χ1n) is 11.2. The number of aromatic amines is 1. The third kappa shape index (κ3) is 9.21. The van der Waals surface area contributed by atoms with Gasteiger partial charge in [0.15, 0.2) is 0 Å². The number of imidazole rings is 1. The van der Waals surface area contributed by atoms with Gasteiger partial charge in [-0.15, -0.1) is 0 Å². The number of nitrogens with two attached hydrogens (primary N) is 1. The van der Waals surface area contributed by atoms with Crippen molar-refractivity contribution in [2.45, 2.75) is 78.6 Å². The lowest BCUT2D eigenvalue weighted by Crippen LogP contribution is -2.58. The van der Waals surface area contributed by atoms with Crippen LogP contribution in [0.3, 0.4) is 0 Å². The summed E-state index contributed by atoms with van der Waals surface area (Å²) in [5, 5.41) is 17.2. The van der Waals surface area contributed by atoms with E-state index in [4.69, 9.17) is 5.73 Å². The van der Waals surface area contributed by atoms with E-state index >= 15 is 0 Å². The highest BCUT2D eigenvalue weighted by Gasteiger charge is 2.32. The highest BCUT2D eigenvalue weighted by atomic mass is 16.4. The second-order valence-corrected chi connectivity index (χ2v) is 9.37. The molecule has 0 aromatic carbocycles. The monoisotopic (exact) mass is 466 g/mol. The number of hydrogen-bond acceptors (Lipinski definition) is 6. The number of amides is 3. The van der Waals surface area contributed by atoms with Crippen molar-refractivity contribution in [3.8, 4) is 0 Å². The van der Waals surface area contributed by atoms with E-state index in [0.29, 0.717) is 5.69 Å². The first-order valence-corrected chi connectivity index (χ1v) is 11.2. The number of hydrogen-bond donors (Lipinski definition) is 6. The van der Waals surface area contributed by atoms with Gasteiger partial charge < -0.3 is 31.8 Å². The molecule has 0 aliphatic rings. The van der Waals surface area contributed by atoms with Crippen LogP contribution in [-0.2, 0) is 25.6 Å². The summed E-state index contributed by atoms with van der Waals surface area (Å²) >= 11 is 0. The van der Waals surface area contributed by atoms with E-state index in [0.717, 1.165) is 0 Å². The summed E-state index contributed by atoms with van der Waals surface area (Å²) in [4.78, 5) is 56.9. The number of carbonyl (C=O) groups excluding carboxylic acids is 3. The van der Waals surface area contributed by atoms with Gasteiger partial charge in [0.1, 0.15) is 18.1 Å². The van der Waals surface area contributed by atoms with E-state index in [1.54, 1.807) is 27.7 Å². The molecule has 4 atom stereocenters. The zero-order valence-corrected chi connectivity index (χ0v) is 20.2. The number of carbonyl (C=O) groups is 4. The Kier molecular flexibility index (Phi) is 11.0. The van der Waals surface area contributed by atoms with Crippen molar-refractivity contribution in [2.75, 3.05) is 0 Å². The van der Waals surface area contributed by atoms with Gasteiger partial charge in [-0.25, -0.2) is 9.78 Å². The average Bonchev–Trinajstić information content (AvgIpc) is 3.22. The molecule has 1 aromatic heterocycles. The molecule has 3 amide bonds. The Morgan fingerprint density at radius 3 is 1.97 bits per heavy atom. The lowest BCUT2D eigenvalue weighted by atomic mass is 9.99. The van der Waals surface area contributed by atoms with E-state index in [-0.39, 0.29) is 30.6 Å². The molecule has 0 aliphatic heterocycles. The Morgan fingerprint density at radius 1 is 0.939 bits per heavy atom. The van der Waals surface area contributed by atoms with Crippen molar-refractivity contribution in [1.82, 2.24) is 25.9 Å². The van der Waals surface area contributed by atoms with Gasteiger partial charge in [-0.3, -0.25) is 14.4 Å². The fraction of sp³-hybridized carbons (Fsp3) is 0.682. The molecular weight excluding hydrogens is 428 g/mol.